The first-order valence-electron chi connectivity index (χ1n) is 37.4. The van der Waals surface area contributed by atoms with Gasteiger partial charge in [0, 0.05) is 25.7 Å². The molecule has 0 fully saturated rings. The second-order valence-electron chi connectivity index (χ2n) is 25.3. The Bertz CT molecular complexity index is 1960. The van der Waals surface area contributed by atoms with Crippen molar-refractivity contribution in [3.8, 4) is 0 Å². The summed E-state index contributed by atoms with van der Waals surface area (Å²) in [6, 6.07) is 0. The zero-order valence-corrected chi connectivity index (χ0v) is 61.0. The van der Waals surface area contributed by atoms with Gasteiger partial charge in [0.2, 0.25) is 0 Å². The van der Waals surface area contributed by atoms with Gasteiger partial charge in [-0.15, -0.1) is 0 Å². The van der Waals surface area contributed by atoms with Crippen molar-refractivity contribution in [2.24, 2.45) is 0 Å². The van der Waals surface area contributed by atoms with Gasteiger partial charge in [0.15, 0.2) is 12.2 Å². The Morgan fingerprint density at radius 2 is 0.516 bits per heavy atom. The molecule has 0 aromatic carbocycles. The summed E-state index contributed by atoms with van der Waals surface area (Å²) in [6.45, 7) is 4.83. The quantitative estimate of drug-likeness (QED) is 0.0169. The lowest BCUT2D eigenvalue weighted by Crippen LogP contribution is -2.30. The van der Waals surface area contributed by atoms with Gasteiger partial charge < -0.3 is 33.8 Å². The number of aliphatic hydroxyl groups excluding tert-OH is 1. The van der Waals surface area contributed by atoms with Crippen LogP contribution in [-0.4, -0.2) is 96.7 Å². The highest BCUT2D eigenvalue weighted by molar-refractivity contribution is 7.47. The van der Waals surface area contributed by atoms with Crippen molar-refractivity contribution in [3.05, 3.63) is 48.6 Å². The fourth-order valence-electron chi connectivity index (χ4n) is 10.3. The fraction of sp³-hybridized carbons (Fsp3) is 0.838. The number of hydrogen-bond acceptors (Lipinski definition) is 15. The summed E-state index contributed by atoms with van der Waals surface area (Å²) in [5.74, 6) is -2.18. The van der Waals surface area contributed by atoms with Gasteiger partial charge >= 0.3 is 39.5 Å². The summed E-state index contributed by atoms with van der Waals surface area (Å²) in [4.78, 5) is 72.6. The van der Waals surface area contributed by atoms with Crippen molar-refractivity contribution < 1.29 is 80.2 Å². The third-order valence-electron chi connectivity index (χ3n) is 16.1. The molecule has 0 aliphatic rings. The number of phosphoric ester groups is 2. The summed E-state index contributed by atoms with van der Waals surface area (Å²) in [5, 5.41) is 10.6. The number of phosphoric acid groups is 2. The van der Waals surface area contributed by atoms with Gasteiger partial charge in [0.05, 0.1) is 26.4 Å². The molecule has 0 radical (unpaired) electrons. The maximum absolute atomic E-state index is 13.0. The molecule has 2 unspecified atom stereocenters. The van der Waals surface area contributed by atoms with Crippen molar-refractivity contribution in [1.82, 2.24) is 0 Å². The van der Waals surface area contributed by atoms with Crippen molar-refractivity contribution in [2.75, 3.05) is 39.6 Å². The van der Waals surface area contributed by atoms with E-state index in [0.29, 0.717) is 25.7 Å². The predicted molar refractivity (Wildman–Crippen MR) is 377 cm³/mol. The van der Waals surface area contributed by atoms with E-state index in [4.69, 9.17) is 37.0 Å². The average molecular weight is 1360 g/mol. The number of carbonyl (C=O) groups is 4. The zero-order valence-electron chi connectivity index (χ0n) is 59.2. The van der Waals surface area contributed by atoms with Crippen molar-refractivity contribution in [2.45, 2.75) is 361 Å². The van der Waals surface area contributed by atoms with E-state index in [2.05, 4.69) is 76.3 Å². The molecule has 17 nitrogen and oxygen atoms in total. The Labute approximate surface area is 566 Å². The lowest BCUT2D eigenvalue weighted by atomic mass is 10.0. The lowest BCUT2D eigenvalue weighted by Gasteiger charge is -2.21. The molecule has 0 rings (SSSR count). The molecule has 19 heteroatoms. The first-order valence-corrected chi connectivity index (χ1v) is 40.4. The molecule has 0 amide bonds. The van der Waals surface area contributed by atoms with Gasteiger partial charge in [0.1, 0.15) is 19.3 Å². The second-order valence-corrected chi connectivity index (χ2v) is 28.2. The molecular weight excluding hydrogens is 1220 g/mol. The lowest BCUT2D eigenvalue weighted by molar-refractivity contribution is -0.161. The van der Waals surface area contributed by atoms with E-state index in [1.807, 2.05) is 0 Å². The number of unbranched alkanes of at least 4 members (excludes halogenated alkanes) is 39. The maximum atomic E-state index is 13.0. The third kappa shape index (κ3) is 67.4. The van der Waals surface area contributed by atoms with Crippen molar-refractivity contribution in [3.63, 3.8) is 0 Å². The number of hydrogen-bond donors (Lipinski definition) is 3. The molecule has 0 aromatic heterocycles. The highest BCUT2D eigenvalue weighted by Crippen LogP contribution is 2.45. The monoisotopic (exact) mass is 1360 g/mol. The molecule has 0 saturated heterocycles. The van der Waals surface area contributed by atoms with Gasteiger partial charge in [0.25, 0.3) is 0 Å². The molecule has 544 valence electrons. The molecule has 93 heavy (non-hydrogen) atoms. The molecule has 5 atom stereocenters. The standard InChI is InChI=1S/C74H136O17P2/c1-5-9-13-17-21-25-29-32-34-37-39-43-47-51-55-59-72(77)85-65-70(91-74(79)61-57-53-49-45-41-38-35-33-30-26-22-18-14-10-6-2)67-89-93(82,83)87-63-68(75)62-86-92(80,81)88-66-69(64-84-71(76)58-54-50-46-42-28-24-20-16-12-8-4)90-73(78)60-56-52-48-44-40-36-31-27-23-19-15-11-7-3/h25-26,29-30,32-35,68-70,75H,5-24,27-28,31,36-67H2,1-4H3,(H,80,81)(H,82,83)/b29-25-,30-26-,34-32-,35-33-/t68-,69+,70+/m0/s1. The Kier molecular flexibility index (Phi) is 65.4. The molecule has 3 N–H and O–H groups in total. The van der Waals surface area contributed by atoms with Gasteiger partial charge in [-0.25, -0.2) is 9.13 Å². The smallest absolute Gasteiger partial charge is 0.462 e. The number of rotatable bonds is 71. The summed E-state index contributed by atoms with van der Waals surface area (Å²) in [5.41, 5.74) is 0. The Morgan fingerprint density at radius 1 is 0.301 bits per heavy atom. The molecule has 0 bridgehead atoms. The van der Waals surface area contributed by atoms with Gasteiger partial charge in [-0.05, 0) is 77.0 Å². The zero-order chi connectivity index (χ0) is 68.2. The average Bonchev–Trinajstić information content (AvgIpc) is 1.93. The maximum Gasteiger partial charge on any atom is 0.472 e. The van der Waals surface area contributed by atoms with Gasteiger partial charge in [-0.1, -0.05) is 288 Å². The summed E-state index contributed by atoms with van der Waals surface area (Å²) in [6.07, 6.45) is 62.5. The molecular formula is C74H136O17P2. The van der Waals surface area contributed by atoms with Crippen LogP contribution in [0.3, 0.4) is 0 Å². The largest absolute Gasteiger partial charge is 0.472 e. The normalized spacial score (nSPS) is 14.3. The van der Waals surface area contributed by atoms with E-state index in [1.54, 1.807) is 0 Å². The van der Waals surface area contributed by atoms with Crippen LogP contribution in [0.25, 0.3) is 0 Å². The minimum atomic E-state index is -4.97. The van der Waals surface area contributed by atoms with Crippen LogP contribution in [0.1, 0.15) is 342 Å². The number of ether oxygens (including phenoxy) is 4. The first kappa shape index (κ1) is 90.0. The van der Waals surface area contributed by atoms with E-state index in [9.17, 15) is 43.2 Å². The topological polar surface area (TPSA) is 237 Å². The molecule has 0 aromatic rings. The Morgan fingerprint density at radius 3 is 0.785 bits per heavy atom. The molecule has 0 aliphatic carbocycles. The summed E-state index contributed by atoms with van der Waals surface area (Å²) in [7, 11) is -9.93. The first-order chi connectivity index (χ1) is 45.2. The molecule has 0 heterocycles. The fourth-order valence-corrected chi connectivity index (χ4v) is 11.9. The van der Waals surface area contributed by atoms with Crippen LogP contribution in [-0.2, 0) is 65.4 Å². The van der Waals surface area contributed by atoms with Crippen molar-refractivity contribution >= 4 is 39.5 Å². The minimum Gasteiger partial charge on any atom is -0.462 e. The van der Waals surface area contributed by atoms with Crippen LogP contribution in [0, 0.1) is 0 Å². The number of allylic oxidation sites excluding steroid dienone is 8. The van der Waals surface area contributed by atoms with Crippen LogP contribution in [0.5, 0.6) is 0 Å². The van der Waals surface area contributed by atoms with Crippen LogP contribution < -0.4 is 0 Å². The van der Waals surface area contributed by atoms with E-state index in [1.165, 1.54) is 141 Å². The number of carbonyl (C=O) groups excluding carboxylic acids is 4. The Balaban J connectivity index is 5.32. The summed E-state index contributed by atoms with van der Waals surface area (Å²) >= 11 is 0. The summed E-state index contributed by atoms with van der Waals surface area (Å²) < 4.78 is 68.3. The van der Waals surface area contributed by atoms with E-state index in [-0.39, 0.29) is 25.7 Å². The van der Waals surface area contributed by atoms with E-state index in [0.717, 1.165) is 122 Å². The van der Waals surface area contributed by atoms with Gasteiger partial charge in [-0.2, -0.15) is 0 Å². The van der Waals surface area contributed by atoms with E-state index >= 15 is 0 Å². The molecule has 0 saturated carbocycles. The second kappa shape index (κ2) is 67.6. The predicted octanol–water partition coefficient (Wildman–Crippen LogP) is 20.9. The van der Waals surface area contributed by atoms with Crippen LogP contribution in [0.15, 0.2) is 48.6 Å². The minimum absolute atomic E-state index is 0.0786. The molecule has 0 aliphatic heterocycles. The highest BCUT2D eigenvalue weighted by atomic mass is 31.2. The van der Waals surface area contributed by atoms with Crippen LogP contribution >= 0.6 is 15.6 Å². The van der Waals surface area contributed by atoms with Gasteiger partial charge in [-0.3, -0.25) is 37.3 Å². The van der Waals surface area contributed by atoms with Crippen LogP contribution in [0.4, 0.5) is 0 Å². The highest BCUT2D eigenvalue weighted by Gasteiger charge is 2.30. The van der Waals surface area contributed by atoms with E-state index < -0.39 is 97.5 Å². The molecule has 0 spiro atoms. The number of aliphatic hydroxyl groups is 1. The number of esters is 4. The SMILES string of the molecule is CCCCCC/C=C\C=C/CCCCCCCC(=O)OC[C@H](COP(=O)(O)OC[C@@H](O)COP(=O)(O)OC[C@@H](COC(=O)CCCCCCCCCCCC)OC(=O)CCCCCCCCCCCCCCC)OC(=O)CCCCCCC/C=C\C=C/CCCCCC. The van der Waals surface area contributed by atoms with Crippen molar-refractivity contribution in [1.29, 1.82) is 0 Å². The Hall–Kier alpha value is -2.98. The third-order valence-corrected chi connectivity index (χ3v) is 18.0. The van der Waals surface area contributed by atoms with Crippen LogP contribution in [0.2, 0.25) is 0 Å².